The number of aliphatic hydroxyl groups excluding tert-OH is 1. The van der Waals surface area contributed by atoms with Crippen molar-refractivity contribution in [2.75, 3.05) is 20.8 Å². The van der Waals surface area contributed by atoms with Gasteiger partial charge in [-0.1, -0.05) is 0 Å². The molecule has 3 nitrogen and oxygen atoms in total. The van der Waals surface area contributed by atoms with Crippen molar-refractivity contribution in [3.8, 4) is 11.5 Å². The number of benzene rings is 1. The smallest absolute Gasteiger partial charge is 0.276 e. The predicted octanol–water partition coefficient (Wildman–Crippen LogP) is 2.30. The highest BCUT2D eigenvalue weighted by atomic mass is 19.3. The van der Waals surface area contributed by atoms with E-state index < -0.39 is 18.3 Å². The van der Waals surface area contributed by atoms with Crippen LogP contribution in [0.4, 0.5) is 8.78 Å². The van der Waals surface area contributed by atoms with Crippen LogP contribution in [-0.4, -0.2) is 25.9 Å². The van der Waals surface area contributed by atoms with E-state index in [1.165, 1.54) is 26.4 Å². The fourth-order valence-electron chi connectivity index (χ4n) is 1.30. The Morgan fingerprint density at radius 1 is 1.25 bits per heavy atom. The van der Waals surface area contributed by atoms with Crippen LogP contribution in [0.3, 0.4) is 0 Å². The molecule has 0 aliphatic heterocycles. The zero-order valence-corrected chi connectivity index (χ0v) is 8.96. The summed E-state index contributed by atoms with van der Waals surface area (Å²) >= 11 is 0. The van der Waals surface area contributed by atoms with Crippen LogP contribution in [0.5, 0.6) is 11.5 Å². The Morgan fingerprint density at radius 2 is 1.94 bits per heavy atom. The van der Waals surface area contributed by atoms with E-state index in [-0.39, 0.29) is 11.3 Å². The van der Waals surface area contributed by atoms with Gasteiger partial charge in [-0.3, -0.25) is 0 Å². The molecule has 0 aliphatic carbocycles. The summed E-state index contributed by atoms with van der Waals surface area (Å²) in [4.78, 5) is 0. The number of ether oxygens (including phenoxy) is 2. The normalized spacial score (nSPS) is 9.81. The minimum atomic E-state index is -1.94. The molecule has 0 unspecified atom stereocenters. The molecule has 0 heterocycles. The number of hydrogen-bond acceptors (Lipinski definition) is 3. The average molecular weight is 230 g/mol. The minimum absolute atomic E-state index is 0.129. The zero-order chi connectivity index (χ0) is 12.1. The maximum atomic E-state index is 12.6. The van der Waals surface area contributed by atoms with E-state index in [9.17, 15) is 8.78 Å². The summed E-state index contributed by atoms with van der Waals surface area (Å²) in [7, 11) is 2.80. The Hall–Kier alpha value is -1.62. The number of hydrogen-bond donors (Lipinski definition) is 1. The maximum absolute atomic E-state index is 12.6. The van der Waals surface area contributed by atoms with Crippen LogP contribution in [-0.2, 0) is 0 Å². The SMILES string of the molecule is COc1ccc(OC)c(C(CO)=C(F)F)c1. The fraction of sp³-hybridized carbons (Fsp3) is 0.273. The van der Waals surface area contributed by atoms with Gasteiger partial charge in [0.1, 0.15) is 11.5 Å². The quantitative estimate of drug-likeness (QED) is 0.862. The standard InChI is InChI=1S/C11H12F2O3/c1-15-7-3-4-10(16-2)8(5-7)9(6-14)11(12)13/h3-5,14H,6H2,1-2H3. The second kappa shape index (κ2) is 5.46. The maximum Gasteiger partial charge on any atom is 0.276 e. The van der Waals surface area contributed by atoms with E-state index in [2.05, 4.69) is 0 Å². The summed E-state index contributed by atoms with van der Waals surface area (Å²) in [5, 5.41) is 8.90. The van der Waals surface area contributed by atoms with Gasteiger partial charge in [0.05, 0.1) is 26.4 Å². The van der Waals surface area contributed by atoms with Crippen LogP contribution >= 0.6 is 0 Å². The van der Waals surface area contributed by atoms with Crippen molar-refractivity contribution in [1.82, 2.24) is 0 Å². The predicted molar refractivity (Wildman–Crippen MR) is 55.8 cm³/mol. The lowest BCUT2D eigenvalue weighted by molar-refractivity contribution is 0.335. The second-order valence-corrected chi connectivity index (χ2v) is 2.96. The summed E-state index contributed by atoms with van der Waals surface area (Å²) in [5.74, 6) is 0.681. The van der Waals surface area contributed by atoms with Gasteiger partial charge in [-0.05, 0) is 18.2 Å². The molecule has 1 rings (SSSR count). The molecule has 1 N–H and O–H groups in total. The molecule has 0 atom stereocenters. The van der Waals surface area contributed by atoms with Crippen LogP contribution in [0.2, 0.25) is 0 Å². The van der Waals surface area contributed by atoms with Crippen LogP contribution in [0.25, 0.3) is 5.57 Å². The molecule has 5 heteroatoms. The molecule has 0 saturated carbocycles. The van der Waals surface area contributed by atoms with Gasteiger partial charge in [0, 0.05) is 5.56 Å². The summed E-state index contributed by atoms with van der Waals surface area (Å²) in [6.45, 7) is -0.758. The molecule has 0 fully saturated rings. The average Bonchev–Trinajstić information content (AvgIpc) is 2.29. The highest BCUT2D eigenvalue weighted by Crippen LogP contribution is 2.32. The highest BCUT2D eigenvalue weighted by molar-refractivity contribution is 5.72. The summed E-state index contributed by atoms with van der Waals surface area (Å²) < 4.78 is 35.0. The number of halogens is 2. The van der Waals surface area contributed by atoms with Gasteiger partial charge in [-0.15, -0.1) is 0 Å². The van der Waals surface area contributed by atoms with Crippen LogP contribution in [0, 0.1) is 0 Å². The Bertz CT molecular complexity index is 398. The van der Waals surface area contributed by atoms with E-state index in [0.29, 0.717) is 5.75 Å². The minimum Gasteiger partial charge on any atom is -0.497 e. The van der Waals surface area contributed by atoms with E-state index in [4.69, 9.17) is 14.6 Å². The molecular weight excluding hydrogens is 218 g/mol. The molecule has 88 valence electrons. The Kier molecular flexibility index (Phi) is 4.25. The van der Waals surface area contributed by atoms with Crippen molar-refractivity contribution in [3.05, 3.63) is 29.8 Å². The van der Waals surface area contributed by atoms with Crippen molar-refractivity contribution in [3.63, 3.8) is 0 Å². The molecule has 0 radical (unpaired) electrons. The summed E-state index contributed by atoms with van der Waals surface area (Å²) in [6.07, 6.45) is -1.94. The summed E-state index contributed by atoms with van der Waals surface area (Å²) in [5.41, 5.74) is -0.333. The van der Waals surface area contributed by atoms with E-state index in [1.807, 2.05) is 0 Å². The Labute approximate surface area is 91.9 Å². The van der Waals surface area contributed by atoms with E-state index >= 15 is 0 Å². The molecule has 1 aromatic rings. The van der Waals surface area contributed by atoms with E-state index in [0.717, 1.165) is 0 Å². The van der Waals surface area contributed by atoms with E-state index in [1.54, 1.807) is 6.07 Å². The van der Waals surface area contributed by atoms with Gasteiger partial charge in [0.15, 0.2) is 0 Å². The van der Waals surface area contributed by atoms with Gasteiger partial charge in [-0.25, -0.2) is 0 Å². The third-order valence-corrected chi connectivity index (χ3v) is 2.12. The lowest BCUT2D eigenvalue weighted by Crippen LogP contribution is -1.97. The largest absolute Gasteiger partial charge is 0.497 e. The molecular formula is C11H12F2O3. The monoisotopic (exact) mass is 230 g/mol. The molecule has 1 aromatic carbocycles. The molecule has 0 aromatic heterocycles. The Morgan fingerprint density at radius 3 is 2.38 bits per heavy atom. The first-order valence-corrected chi connectivity index (χ1v) is 4.51. The lowest BCUT2D eigenvalue weighted by atomic mass is 10.1. The molecule has 0 saturated heterocycles. The number of aliphatic hydroxyl groups is 1. The van der Waals surface area contributed by atoms with Crippen LogP contribution in [0.15, 0.2) is 24.3 Å². The third kappa shape index (κ3) is 2.49. The van der Waals surface area contributed by atoms with Crippen molar-refractivity contribution < 1.29 is 23.4 Å². The van der Waals surface area contributed by atoms with Crippen molar-refractivity contribution in [1.29, 1.82) is 0 Å². The highest BCUT2D eigenvalue weighted by Gasteiger charge is 2.14. The third-order valence-electron chi connectivity index (χ3n) is 2.12. The van der Waals surface area contributed by atoms with Gasteiger partial charge >= 0.3 is 0 Å². The van der Waals surface area contributed by atoms with Crippen molar-refractivity contribution in [2.45, 2.75) is 0 Å². The molecule has 0 spiro atoms. The first kappa shape index (κ1) is 12.4. The molecule has 16 heavy (non-hydrogen) atoms. The number of methoxy groups -OCH3 is 2. The van der Waals surface area contributed by atoms with Gasteiger partial charge in [0.2, 0.25) is 0 Å². The number of rotatable bonds is 4. The van der Waals surface area contributed by atoms with Crippen LogP contribution in [0.1, 0.15) is 5.56 Å². The van der Waals surface area contributed by atoms with Crippen molar-refractivity contribution >= 4 is 5.57 Å². The molecule has 0 amide bonds. The van der Waals surface area contributed by atoms with Gasteiger partial charge in [0.25, 0.3) is 6.08 Å². The Balaban J connectivity index is 3.33. The second-order valence-electron chi connectivity index (χ2n) is 2.96. The van der Waals surface area contributed by atoms with Gasteiger partial charge in [-0.2, -0.15) is 8.78 Å². The van der Waals surface area contributed by atoms with Gasteiger partial charge < -0.3 is 14.6 Å². The fourth-order valence-corrected chi connectivity index (χ4v) is 1.30. The molecule has 0 bridgehead atoms. The molecule has 0 aliphatic rings. The van der Waals surface area contributed by atoms with Crippen molar-refractivity contribution in [2.24, 2.45) is 0 Å². The first-order chi connectivity index (χ1) is 7.63. The zero-order valence-electron chi connectivity index (χ0n) is 8.96. The lowest BCUT2D eigenvalue weighted by Gasteiger charge is -2.11. The van der Waals surface area contributed by atoms with Crippen LogP contribution < -0.4 is 9.47 Å². The summed E-state index contributed by atoms with van der Waals surface area (Å²) in [6, 6.07) is 4.49. The first-order valence-electron chi connectivity index (χ1n) is 4.51. The topological polar surface area (TPSA) is 38.7 Å².